The fourth-order valence-electron chi connectivity index (χ4n) is 4.04. The van der Waals surface area contributed by atoms with Crippen molar-refractivity contribution < 1.29 is 4.74 Å². The molecule has 0 heterocycles. The molecule has 1 nitrogen and oxygen atoms in total. The molecule has 0 radical (unpaired) electrons. The molecule has 0 aliphatic heterocycles. The van der Waals surface area contributed by atoms with E-state index in [0.717, 1.165) is 6.42 Å². The summed E-state index contributed by atoms with van der Waals surface area (Å²) in [5.74, 6) is 0. The molecule has 0 bridgehead atoms. The van der Waals surface area contributed by atoms with Crippen LogP contribution in [0.2, 0.25) is 0 Å². The van der Waals surface area contributed by atoms with Crippen LogP contribution in [0.3, 0.4) is 0 Å². The first-order valence-corrected chi connectivity index (χ1v) is 8.87. The van der Waals surface area contributed by atoms with Gasteiger partial charge >= 0.3 is 0 Å². The van der Waals surface area contributed by atoms with E-state index in [4.69, 9.17) is 4.74 Å². The number of aryl methyl sites for hydroxylation is 2. The summed E-state index contributed by atoms with van der Waals surface area (Å²) in [5, 5.41) is 2.95. The average molecular weight is 345 g/mol. The predicted molar refractivity (Wildman–Crippen MR) is 91.2 cm³/mol. The van der Waals surface area contributed by atoms with Crippen molar-refractivity contribution in [2.24, 2.45) is 0 Å². The molecule has 1 fully saturated rings. The number of rotatable bonds is 4. The van der Waals surface area contributed by atoms with E-state index in [1.807, 2.05) is 7.11 Å². The maximum absolute atomic E-state index is 5.81. The average Bonchev–Trinajstić information content (AvgIpc) is 2.88. The van der Waals surface area contributed by atoms with Gasteiger partial charge in [0, 0.05) is 11.9 Å². The highest BCUT2D eigenvalue weighted by molar-refractivity contribution is 9.09. The molecule has 21 heavy (non-hydrogen) atoms. The van der Waals surface area contributed by atoms with E-state index in [1.54, 1.807) is 0 Å². The van der Waals surface area contributed by atoms with Crippen LogP contribution in [0.1, 0.15) is 47.2 Å². The van der Waals surface area contributed by atoms with Crippen molar-refractivity contribution in [1.82, 2.24) is 0 Å². The Labute approximate surface area is 134 Å². The normalized spacial score (nSPS) is 20.5. The van der Waals surface area contributed by atoms with Crippen LogP contribution in [0.15, 0.2) is 30.3 Å². The molecule has 110 valence electrons. The molecule has 2 heteroatoms. The van der Waals surface area contributed by atoms with Crippen molar-refractivity contribution in [3.05, 3.63) is 47.0 Å². The molecule has 2 aromatic rings. The highest BCUT2D eigenvalue weighted by Crippen LogP contribution is 2.46. The van der Waals surface area contributed by atoms with Gasteiger partial charge in [0.15, 0.2) is 0 Å². The lowest BCUT2D eigenvalue weighted by atomic mass is 9.76. The molecule has 1 atom stereocenters. The van der Waals surface area contributed by atoms with Crippen LogP contribution in [0, 0.1) is 0 Å². The van der Waals surface area contributed by atoms with E-state index in [9.17, 15) is 0 Å². The van der Waals surface area contributed by atoms with Crippen molar-refractivity contribution >= 4 is 26.7 Å². The summed E-state index contributed by atoms with van der Waals surface area (Å²) in [4.78, 5) is 0.377. The Morgan fingerprint density at radius 1 is 1.14 bits per heavy atom. The van der Waals surface area contributed by atoms with Gasteiger partial charge in [0.2, 0.25) is 0 Å². The first-order chi connectivity index (χ1) is 10.2. The Morgan fingerprint density at radius 2 is 1.90 bits per heavy atom. The van der Waals surface area contributed by atoms with E-state index in [0.29, 0.717) is 4.83 Å². The third kappa shape index (κ3) is 2.15. The number of halogens is 1. The van der Waals surface area contributed by atoms with Crippen LogP contribution in [0.5, 0.6) is 0 Å². The topological polar surface area (TPSA) is 9.23 Å². The number of methoxy groups -OCH3 is 1. The van der Waals surface area contributed by atoms with E-state index >= 15 is 0 Å². The van der Waals surface area contributed by atoms with Crippen LogP contribution in [0.4, 0.5) is 0 Å². The molecular weight excluding hydrogens is 324 g/mol. The molecule has 0 spiro atoms. The van der Waals surface area contributed by atoms with Gasteiger partial charge in [0.1, 0.15) is 0 Å². The summed E-state index contributed by atoms with van der Waals surface area (Å²) in [6.07, 6.45) is 7.18. The second-order valence-electron chi connectivity index (χ2n) is 6.57. The molecule has 0 aromatic heterocycles. The lowest BCUT2D eigenvalue weighted by molar-refractivity contribution is -0.0772. The molecule has 1 saturated carbocycles. The third-order valence-electron chi connectivity index (χ3n) is 5.50. The Hall–Kier alpha value is -0.860. The van der Waals surface area contributed by atoms with Crippen molar-refractivity contribution in [2.75, 3.05) is 7.11 Å². The zero-order chi connectivity index (χ0) is 14.4. The Bertz CT molecular complexity index is 672. The van der Waals surface area contributed by atoms with Crippen molar-refractivity contribution in [1.29, 1.82) is 0 Å². The van der Waals surface area contributed by atoms with Crippen LogP contribution >= 0.6 is 15.9 Å². The zero-order valence-electron chi connectivity index (χ0n) is 12.5. The number of ether oxygens (including phenoxy) is 1. The van der Waals surface area contributed by atoms with Crippen molar-refractivity contribution in [2.45, 2.75) is 49.0 Å². The molecule has 2 aliphatic carbocycles. The summed E-state index contributed by atoms with van der Waals surface area (Å²) in [7, 11) is 1.87. The second kappa shape index (κ2) is 5.10. The fourth-order valence-corrected chi connectivity index (χ4v) is 5.03. The quantitative estimate of drug-likeness (QED) is 0.680. The van der Waals surface area contributed by atoms with Gasteiger partial charge in [0.25, 0.3) is 0 Å². The highest BCUT2D eigenvalue weighted by Gasteiger charge is 2.39. The van der Waals surface area contributed by atoms with Gasteiger partial charge in [-0.15, -0.1) is 0 Å². The minimum Gasteiger partial charge on any atom is -0.378 e. The van der Waals surface area contributed by atoms with Gasteiger partial charge < -0.3 is 4.74 Å². The molecule has 2 aliphatic rings. The Morgan fingerprint density at radius 3 is 2.57 bits per heavy atom. The van der Waals surface area contributed by atoms with Gasteiger partial charge in [-0.2, -0.15) is 0 Å². The molecule has 0 amide bonds. The largest absolute Gasteiger partial charge is 0.378 e. The van der Waals surface area contributed by atoms with Crippen molar-refractivity contribution in [3.8, 4) is 0 Å². The Kier molecular flexibility index (Phi) is 3.35. The van der Waals surface area contributed by atoms with Crippen molar-refractivity contribution in [3.63, 3.8) is 0 Å². The van der Waals surface area contributed by atoms with E-state index in [2.05, 4.69) is 46.3 Å². The van der Waals surface area contributed by atoms with Crippen LogP contribution < -0.4 is 0 Å². The Balaban J connectivity index is 1.74. The van der Waals surface area contributed by atoms with Gasteiger partial charge in [0.05, 0.1) is 5.60 Å². The second-order valence-corrected chi connectivity index (χ2v) is 7.67. The SMILES string of the molecule is COC1(CC(Br)c2ccc3c4c(cccc24)CC3)CCC1. The molecule has 0 N–H and O–H groups in total. The monoisotopic (exact) mass is 344 g/mol. The van der Waals surface area contributed by atoms with Gasteiger partial charge in [-0.05, 0) is 66.0 Å². The summed E-state index contributed by atoms with van der Waals surface area (Å²) in [6, 6.07) is 11.5. The molecule has 0 saturated heterocycles. The minimum absolute atomic E-state index is 0.108. The number of benzene rings is 2. The van der Waals surface area contributed by atoms with Crippen LogP contribution in [0.25, 0.3) is 10.8 Å². The number of hydrogen-bond acceptors (Lipinski definition) is 1. The third-order valence-corrected chi connectivity index (χ3v) is 6.31. The summed E-state index contributed by atoms with van der Waals surface area (Å²) < 4.78 is 5.81. The lowest BCUT2D eigenvalue weighted by Gasteiger charge is -2.42. The first kappa shape index (κ1) is 13.8. The smallest absolute Gasteiger partial charge is 0.0692 e. The maximum atomic E-state index is 5.81. The van der Waals surface area contributed by atoms with E-state index in [-0.39, 0.29) is 5.60 Å². The number of alkyl halides is 1. The van der Waals surface area contributed by atoms with Gasteiger partial charge in [-0.1, -0.05) is 46.3 Å². The van der Waals surface area contributed by atoms with E-state index < -0.39 is 0 Å². The predicted octanol–water partition coefficient (Wildman–Crippen LogP) is 5.33. The molecular formula is C19H21BrO. The van der Waals surface area contributed by atoms with Gasteiger partial charge in [-0.25, -0.2) is 0 Å². The maximum Gasteiger partial charge on any atom is 0.0692 e. The van der Waals surface area contributed by atoms with Gasteiger partial charge in [-0.3, -0.25) is 0 Å². The summed E-state index contributed by atoms with van der Waals surface area (Å²) in [5.41, 5.74) is 4.58. The summed E-state index contributed by atoms with van der Waals surface area (Å²) in [6.45, 7) is 0. The lowest BCUT2D eigenvalue weighted by Crippen LogP contribution is -2.39. The zero-order valence-corrected chi connectivity index (χ0v) is 14.1. The highest BCUT2D eigenvalue weighted by atomic mass is 79.9. The van der Waals surface area contributed by atoms with Crippen LogP contribution in [-0.4, -0.2) is 12.7 Å². The van der Waals surface area contributed by atoms with E-state index in [1.165, 1.54) is 59.6 Å². The molecule has 2 aromatic carbocycles. The molecule has 4 rings (SSSR count). The first-order valence-electron chi connectivity index (χ1n) is 7.95. The molecule has 1 unspecified atom stereocenters. The summed E-state index contributed by atoms with van der Waals surface area (Å²) >= 11 is 3.95. The number of hydrogen-bond donors (Lipinski definition) is 0. The van der Waals surface area contributed by atoms with Crippen LogP contribution in [-0.2, 0) is 17.6 Å². The fraction of sp³-hybridized carbons (Fsp3) is 0.474. The standard InChI is InChI=1S/C19H21BrO/c1-21-19(10-3-11-19)12-17(20)15-9-8-14-7-6-13-4-2-5-16(15)18(13)14/h2,4-5,8-9,17H,3,6-7,10-12H2,1H3. The minimum atomic E-state index is 0.108.